The average Bonchev–Trinajstić information content (AvgIpc) is 3.04. The van der Waals surface area contributed by atoms with E-state index in [9.17, 15) is 4.79 Å². The summed E-state index contributed by atoms with van der Waals surface area (Å²) in [4.78, 5) is 18.2. The van der Waals surface area contributed by atoms with E-state index in [1.54, 1.807) is 0 Å². The van der Waals surface area contributed by atoms with Crippen molar-refractivity contribution < 1.29 is 9.53 Å². The maximum atomic E-state index is 11.4. The zero-order chi connectivity index (χ0) is 17.6. The highest BCUT2D eigenvalue weighted by molar-refractivity contribution is 7.12. The van der Waals surface area contributed by atoms with Gasteiger partial charge in [0.1, 0.15) is 5.75 Å². The van der Waals surface area contributed by atoms with Gasteiger partial charge in [0.25, 0.3) is 5.91 Å². The van der Waals surface area contributed by atoms with Crippen LogP contribution in [0, 0.1) is 0 Å². The third-order valence-corrected chi connectivity index (χ3v) is 6.27. The Morgan fingerprint density at radius 3 is 2.80 bits per heavy atom. The number of anilines is 1. The van der Waals surface area contributed by atoms with Crippen LogP contribution >= 0.6 is 11.3 Å². The van der Waals surface area contributed by atoms with Gasteiger partial charge in [0, 0.05) is 35.3 Å². The van der Waals surface area contributed by atoms with Crippen LogP contribution in [-0.2, 0) is 6.42 Å². The highest BCUT2D eigenvalue weighted by Gasteiger charge is 2.29. The van der Waals surface area contributed by atoms with Gasteiger partial charge < -0.3 is 15.4 Å². The minimum absolute atomic E-state index is 0.296. The van der Waals surface area contributed by atoms with Crippen molar-refractivity contribution >= 4 is 22.9 Å². The van der Waals surface area contributed by atoms with Gasteiger partial charge in [-0.3, -0.25) is 4.79 Å². The molecule has 0 spiro atoms. The zero-order valence-electron chi connectivity index (χ0n) is 14.6. The minimum Gasteiger partial charge on any atom is -0.489 e. The summed E-state index contributed by atoms with van der Waals surface area (Å²) in [6.45, 7) is 2.25. The minimum atomic E-state index is -0.482. The molecule has 1 unspecified atom stereocenters. The summed E-state index contributed by atoms with van der Waals surface area (Å²) in [7, 11) is 2.14. The van der Waals surface area contributed by atoms with E-state index in [0.717, 1.165) is 42.7 Å². The largest absolute Gasteiger partial charge is 0.489 e. The van der Waals surface area contributed by atoms with Crippen LogP contribution < -0.4 is 15.4 Å². The molecule has 1 aromatic carbocycles. The average molecular weight is 357 g/mol. The van der Waals surface area contributed by atoms with Crippen LogP contribution in [0.15, 0.2) is 17.5 Å². The number of nitrogens with zero attached hydrogens (tertiary/aromatic N) is 2. The van der Waals surface area contributed by atoms with E-state index in [4.69, 9.17) is 10.5 Å². The van der Waals surface area contributed by atoms with Gasteiger partial charge in [-0.1, -0.05) is 0 Å². The van der Waals surface area contributed by atoms with Gasteiger partial charge in [-0.25, -0.2) is 4.98 Å². The molecule has 1 fully saturated rings. The van der Waals surface area contributed by atoms with Crippen LogP contribution in [0.5, 0.6) is 5.75 Å². The van der Waals surface area contributed by atoms with E-state index in [1.807, 2.05) is 5.38 Å². The lowest BCUT2D eigenvalue weighted by Gasteiger charge is -2.36. The van der Waals surface area contributed by atoms with Crippen LogP contribution in [0.3, 0.4) is 0 Å². The van der Waals surface area contributed by atoms with Crippen LogP contribution in [-0.4, -0.2) is 30.1 Å². The standard InChI is InChI=1S/C19H23N3O2S/c1-11-6-7-14-16(22(11)2)9-8-13(17(14)24-12-4-3-5-12)15-10-25-19(21-15)18(20)23/h8-12H,3-7H2,1-2H3,(H2,20,23). The van der Waals surface area contributed by atoms with Gasteiger partial charge >= 0.3 is 0 Å². The molecule has 0 radical (unpaired) electrons. The molecular weight excluding hydrogens is 334 g/mol. The summed E-state index contributed by atoms with van der Waals surface area (Å²) in [5.41, 5.74) is 9.62. The quantitative estimate of drug-likeness (QED) is 0.907. The molecule has 1 aliphatic heterocycles. The van der Waals surface area contributed by atoms with Crippen molar-refractivity contribution in [2.75, 3.05) is 11.9 Å². The number of nitrogens with two attached hydrogens (primary N) is 1. The highest BCUT2D eigenvalue weighted by Crippen LogP contribution is 2.44. The summed E-state index contributed by atoms with van der Waals surface area (Å²) in [6.07, 6.45) is 5.86. The summed E-state index contributed by atoms with van der Waals surface area (Å²) in [5, 5.41) is 2.23. The van der Waals surface area contributed by atoms with Gasteiger partial charge in [-0.15, -0.1) is 11.3 Å². The third-order valence-electron chi connectivity index (χ3n) is 5.42. The third kappa shape index (κ3) is 2.88. The molecule has 1 aliphatic carbocycles. The number of hydrogen-bond donors (Lipinski definition) is 1. The molecule has 1 aromatic heterocycles. The fourth-order valence-corrected chi connectivity index (χ4v) is 4.15. The Labute approximate surface area is 151 Å². The number of carbonyl (C=O) groups excluding carboxylic acids is 1. The number of aromatic nitrogens is 1. The second-order valence-corrected chi connectivity index (χ2v) is 7.87. The first-order chi connectivity index (χ1) is 12.0. The number of fused-ring (bicyclic) bond motifs is 1. The van der Waals surface area contributed by atoms with E-state index in [0.29, 0.717) is 17.2 Å². The number of benzene rings is 1. The van der Waals surface area contributed by atoms with Crippen molar-refractivity contribution in [1.82, 2.24) is 4.98 Å². The molecule has 5 nitrogen and oxygen atoms in total. The van der Waals surface area contributed by atoms with Gasteiger partial charge in [0.05, 0.1) is 11.8 Å². The van der Waals surface area contributed by atoms with Crippen molar-refractivity contribution in [3.63, 3.8) is 0 Å². The molecule has 1 atom stereocenters. The second kappa shape index (κ2) is 6.33. The lowest BCUT2D eigenvalue weighted by molar-refractivity contribution is 0.1000. The fourth-order valence-electron chi connectivity index (χ4n) is 3.48. The van der Waals surface area contributed by atoms with Crippen molar-refractivity contribution in [3.05, 3.63) is 28.1 Å². The van der Waals surface area contributed by atoms with Crippen LogP contribution in [0.1, 0.15) is 48.0 Å². The fraction of sp³-hybridized carbons (Fsp3) is 0.474. The molecule has 2 heterocycles. The molecule has 1 saturated carbocycles. The SMILES string of the molecule is CC1CCc2c(ccc(-c3csc(C(N)=O)n3)c2OC2CCC2)N1C. The highest BCUT2D eigenvalue weighted by atomic mass is 32.1. The smallest absolute Gasteiger partial charge is 0.277 e. The number of carbonyl (C=O) groups is 1. The lowest BCUT2D eigenvalue weighted by Crippen LogP contribution is -2.34. The number of ether oxygens (including phenoxy) is 1. The molecule has 6 heteroatoms. The molecule has 2 N–H and O–H groups in total. The first-order valence-electron chi connectivity index (χ1n) is 8.85. The topological polar surface area (TPSA) is 68.5 Å². The van der Waals surface area contributed by atoms with Gasteiger partial charge in [-0.05, 0) is 51.2 Å². The molecule has 0 saturated heterocycles. The van der Waals surface area contributed by atoms with E-state index < -0.39 is 5.91 Å². The Bertz CT molecular complexity index is 813. The monoisotopic (exact) mass is 357 g/mol. The van der Waals surface area contributed by atoms with E-state index >= 15 is 0 Å². The first kappa shape index (κ1) is 16.4. The predicted octanol–water partition coefficient (Wildman–Crippen LogP) is 3.61. The lowest BCUT2D eigenvalue weighted by atomic mass is 9.92. The van der Waals surface area contributed by atoms with E-state index in [2.05, 4.69) is 36.0 Å². The Morgan fingerprint density at radius 1 is 1.36 bits per heavy atom. The van der Waals surface area contributed by atoms with E-state index in [1.165, 1.54) is 29.0 Å². The molecule has 2 aromatic rings. The predicted molar refractivity (Wildman–Crippen MR) is 101 cm³/mol. The number of thiazole rings is 1. The molecule has 0 bridgehead atoms. The summed E-state index contributed by atoms with van der Waals surface area (Å²) < 4.78 is 6.41. The normalized spacial score (nSPS) is 20.1. The Hall–Kier alpha value is -2.08. The maximum Gasteiger partial charge on any atom is 0.277 e. The molecule has 2 aliphatic rings. The number of primary amides is 1. The van der Waals surface area contributed by atoms with Gasteiger partial charge in [-0.2, -0.15) is 0 Å². The Kier molecular flexibility index (Phi) is 4.15. The van der Waals surface area contributed by atoms with E-state index in [-0.39, 0.29) is 0 Å². The Balaban J connectivity index is 1.81. The van der Waals surface area contributed by atoms with Crippen LogP contribution in [0.25, 0.3) is 11.3 Å². The Morgan fingerprint density at radius 2 is 2.16 bits per heavy atom. The molecule has 4 rings (SSSR count). The van der Waals surface area contributed by atoms with Crippen LogP contribution in [0.4, 0.5) is 5.69 Å². The summed E-state index contributed by atoms with van der Waals surface area (Å²) in [6, 6.07) is 4.74. The van der Waals surface area contributed by atoms with Crippen LogP contribution in [0.2, 0.25) is 0 Å². The molecule has 25 heavy (non-hydrogen) atoms. The zero-order valence-corrected chi connectivity index (χ0v) is 15.4. The second-order valence-electron chi connectivity index (χ2n) is 7.01. The van der Waals surface area contributed by atoms with Gasteiger partial charge in [0.15, 0.2) is 5.01 Å². The van der Waals surface area contributed by atoms with Gasteiger partial charge in [0.2, 0.25) is 0 Å². The van der Waals surface area contributed by atoms with Crippen molar-refractivity contribution in [2.45, 2.75) is 51.2 Å². The number of rotatable bonds is 4. The number of hydrogen-bond acceptors (Lipinski definition) is 5. The molecule has 132 valence electrons. The molecular formula is C19H23N3O2S. The van der Waals surface area contributed by atoms with Crippen molar-refractivity contribution in [3.8, 4) is 17.0 Å². The summed E-state index contributed by atoms with van der Waals surface area (Å²) in [5.74, 6) is 0.464. The maximum absolute atomic E-state index is 11.4. The summed E-state index contributed by atoms with van der Waals surface area (Å²) >= 11 is 1.29. The molecule has 1 amide bonds. The number of amides is 1. The first-order valence-corrected chi connectivity index (χ1v) is 9.73. The van der Waals surface area contributed by atoms with Crippen molar-refractivity contribution in [1.29, 1.82) is 0 Å². The van der Waals surface area contributed by atoms with Crippen molar-refractivity contribution in [2.24, 2.45) is 5.73 Å².